The van der Waals surface area contributed by atoms with E-state index in [4.69, 9.17) is 0 Å². The Hall–Kier alpha value is -1.90. The summed E-state index contributed by atoms with van der Waals surface area (Å²) in [6.07, 6.45) is 3.52. The molecule has 0 aliphatic heterocycles. The van der Waals surface area contributed by atoms with Crippen LogP contribution in [0.5, 0.6) is 0 Å². The van der Waals surface area contributed by atoms with Gasteiger partial charge in [0.2, 0.25) is 0 Å². The number of nitrogens with one attached hydrogen (secondary N) is 1. The zero-order chi connectivity index (χ0) is 13.2. The van der Waals surface area contributed by atoms with E-state index in [1.165, 1.54) is 29.7 Å². The van der Waals surface area contributed by atoms with Crippen LogP contribution in [-0.4, -0.2) is 0 Å². The molecule has 3 heteroatoms. The van der Waals surface area contributed by atoms with Gasteiger partial charge in [-0.05, 0) is 48.1 Å². The van der Waals surface area contributed by atoms with Crippen molar-refractivity contribution < 1.29 is 8.78 Å². The Bertz CT molecular complexity index is 608. The molecule has 0 heterocycles. The second kappa shape index (κ2) is 5.00. The third kappa shape index (κ3) is 2.60. The quantitative estimate of drug-likeness (QED) is 0.876. The number of hydrogen-bond donors (Lipinski definition) is 1. The molecule has 19 heavy (non-hydrogen) atoms. The number of aryl methyl sites for hydroxylation is 2. The Morgan fingerprint density at radius 2 is 1.79 bits per heavy atom. The van der Waals surface area contributed by atoms with Gasteiger partial charge in [0.15, 0.2) is 0 Å². The maximum absolute atomic E-state index is 13.5. The van der Waals surface area contributed by atoms with Crippen LogP contribution in [0.2, 0.25) is 0 Å². The number of rotatable bonds is 3. The van der Waals surface area contributed by atoms with Crippen molar-refractivity contribution in [2.75, 3.05) is 5.32 Å². The van der Waals surface area contributed by atoms with Gasteiger partial charge in [-0.3, -0.25) is 0 Å². The standard InChI is InChI=1S/C16H15F2N/c17-14-6-7-16(15(18)9-14)19-10-11-4-5-12-2-1-3-13(12)8-11/h4-9,19H,1-3,10H2. The van der Waals surface area contributed by atoms with Crippen molar-refractivity contribution in [2.45, 2.75) is 25.8 Å². The highest BCUT2D eigenvalue weighted by Crippen LogP contribution is 2.23. The van der Waals surface area contributed by atoms with Gasteiger partial charge in [0.05, 0.1) is 5.69 Å². The van der Waals surface area contributed by atoms with Crippen LogP contribution in [0.3, 0.4) is 0 Å². The lowest BCUT2D eigenvalue weighted by molar-refractivity contribution is 0.585. The van der Waals surface area contributed by atoms with Crippen molar-refractivity contribution >= 4 is 5.69 Å². The van der Waals surface area contributed by atoms with Crippen LogP contribution in [-0.2, 0) is 19.4 Å². The Balaban J connectivity index is 1.72. The summed E-state index contributed by atoms with van der Waals surface area (Å²) in [6, 6.07) is 9.98. The summed E-state index contributed by atoms with van der Waals surface area (Å²) in [6.45, 7) is 0.551. The van der Waals surface area contributed by atoms with Crippen molar-refractivity contribution in [1.82, 2.24) is 0 Å². The molecule has 0 spiro atoms. The van der Waals surface area contributed by atoms with Gasteiger partial charge in [-0.25, -0.2) is 8.78 Å². The molecular formula is C16H15F2N. The van der Waals surface area contributed by atoms with E-state index in [2.05, 4.69) is 23.5 Å². The molecule has 1 nitrogen and oxygen atoms in total. The van der Waals surface area contributed by atoms with Crippen LogP contribution >= 0.6 is 0 Å². The van der Waals surface area contributed by atoms with Crippen molar-refractivity contribution in [3.05, 3.63) is 64.7 Å². The van der Waals surface area contributed by atoms with Gasteiger partial charge in [-0.15, -0.1) is 0 Å². The van der Waals surface area contributed by atoms with Crippen molar-refractivity contribution in [3.8, 4) is 0 Å². The molecule has 0 unspecified atom stereocenters. The molecule has 0 amide bonds. The fourth-order valence-corrected chi connectivity index (χ4v) is 2.57. The molecule has 1 aliphatic rings. The summed E-state index contributed by atoms with van der Waals surface area (Å²) in [4.78, 5) is 0. The average molecular weight is 259 g/mol. The smallest absolute Gasteiger partial charge is 0.149 e. The summed E-state index contributed by atoms with van der Waals surface area (Å²) < 4.78 is 26.3. The van der Waals surface area contributed by atoms with Gasteiger partial charge in [-0.2, -0.15) is 0 Å². The molecule has 2 aromatic rings. The first-order valence-electron chi connectivity index (χ1n) is 6.52. The summed E-state index contributed by atoms with van der Waals surface area (Å²) in [5.41, 5.74) is 4.29. The minimum atomic E-state index is -0.555. The molecule has 3 rings (SSSR count). The number of hydrogen-bond acceptors (Lipinski definition) is 1. The normalized spacial score (nSPS) is 13.4. The predicted octanol–water partition coefficient (Wildman–Crippen LogP) is 4.07. The van der Waals surface area contributed by atoms with Gasteiger partial charge >= 0.3 is 0 Å². The van der Waals surface area contributed by atoms with Crippen molar-refractivity contribution in [2.24, 2.45) is 0 Å². The van der Waals surface area contributed by atoms with Crippen LogP contribution in [0.25, 0.3) is 0 Å². The van der Waals surface area contributed by atoms with Crippen LogP contribution in [0.1, 0.15) is 23.1 Å². The van der Waals surface area contributed by atoms with Crippen LogP contribution in [0.4, 0.5) is 14.5 Å². The summed E-state index contributed by atoms with van der Waals surface area (Å²) in [7, 11) is 0. The molecule has 1 aliphatic carbocycles. The first-order valence-corrected chi connectivity index (χ1v) is 6.52. The summed E-state index contributed by atoms with van der Waals surface area (Å²) >= 11 is 0. The van der Waals surface area contributed by atoms with Gasteiger partial charge in [-0.1, -0.05) is 18.2 Å². The molecule has 0 fully saturated rings. The third-order valence-corrected chi connectivity index (χ3v) is 3.58. The maximum atomic E-state index is 13.5. The average Bonchev–Trinajstić information content (AvgIpc) is 2.85. The van der Waals surface area contributed by atoms with Crippen LogP contribution < -0.4 is 5.32 Å². The molecule has 0 radical (unpaired) electrons. The lowest BCUT2D eigenvalue weighted by atomic mass is 10.1. The Kier molecular flexibility index (Phi) is 3.20. The highest BCUT2D eigenvalue weighted by molar-refractivity contribution is 5.46. The van der Waals surface area contributed by atoms with E-state index in [0.717, 1.165) is 24.5 Å². The Morgan fingerprint density at radius 1 is 0.947 bits per heavy atom. The topological polar surface area (TPSA) is 12.0 Å². The number of halogens is 2. The Labute approximate surface area is 111 Å². The SMILES string of the molecule is Fc1ccc(NCc2ccc3c(c2)CCC3)c(F)c1. The lowest BCUT2D eigenvalue weighted by Gasteiger charge is -2.09. The van der Waals surface area contributed by atoms with E-state index in [9.17, 15) is 8.78 Å². The van der Waals surface area contributed by atoms with Crippen LogP contribution in [0, 0.1) is 11.6 Å². The van der Waals surface area contributed by atoms with Crippen molar-refractivity contribution in [3.63, 3.8) is 0 Å². The lowest BCUT2D eigenvalue weighted by Crippen LogP contribution is -2.02. The minimum absolute atomic E-state index is 0.335. The molecule has 0 saturated carbocycles. The summed E-state index contributed by atoms with van der Waals surface area (Å²) in [5.74, 6) is -1.11. The number of benzene rings is 2. The largest absolute Gasteiger partial charge is 0.379 e. The minimum Gasteiger partial charge on any atom is -0.379 e. The fraction of sp³-hybridized carbons (Fsp3) is 0.250. The highest BCUT2D eigenvalue weighted by atomic mass is 19.1. The van der Waals surface area contributed by atoms with Gasteiger partial charge in [0, 0.05) is 12.6 Å². The molecule has 0 saturated heterocycles. The zero-order valence-corrected chi connectivity index (χ0v) is 10.5. The zero-order valence-electron chi connectivity index (χ0n) is 10.5. The van der Waals surface area contributed by atoms with E-state index < -0.39 is 11.6 Å². The second-order valence-electron chi connectivity index (χ2n) is 4.93. The van der Waals surface area contributed by atoms with E-state index in [1.807, 2.05) is 0 Å². The fourth-order valence-electron chi connectivity index (χ4n) is 2.57. The molecule has 0 atom stereocenters. The van der Waals surface area contributed by atoms with E-state index in [-0.39, 0.29) is 0 Å². The monoisotopic (exact) mass is 259 g/mol. The van der Waals surface area contributed by atoms with E-state index in [0.29, 0.717) is 12.2 Å². The third-order valence-electron chi connectivity index (χ3n) is 3.58. The van der Waals surface area contributed by atoms with E-state index in [1.54, 1.807) is 0 Å². The number of anilines is 1. The summed E-state index contributed by atoms with van der Waals surface area (Å²) in [5, 5.41) is 3.01. The molecule has 2 aromatic carbocycles. The van der Waals surface area contributed by atoms with Crippen LogP contribution in [0.15, 0.2) is 36.4 Å². The Morgan fingerprint density at radius 3 is 2.63 bits per heavy atom. The molecule has 0 bridgehead atoms. The van der Waals surface area contributed by atoms with Crippen molar-refractivity contribution in [1.29, 1.82) is 0 Å². The number of fused-ring (bicyclic) bond motifs is 1. The second-order valence-corrected chi connectivity index (χ2v) is 4.93. The molecule has 1 N–H and O–H groups in total. The molecule has 0 aromatic heterocycles. The predicted molar refractivity (Wildman–Crippen MR) is 72.2 cm³/mol. The van der Waals surface area contributed by atoms with Gasteiger partial charge < -0.3 is 5.32 Å². The first kappa shape index (κ1) is 12.2. The molecular weight excluding hydrogens is 244 g/mol. The molecule has 98 valence electrons. The first-order chi connectivity index (χ1) is 9.22. The highest BCUT2D eigenvalue weighted by Gasteiger charge is 2.11. The van der Waals surface area contributed by atoms with E-state index >= 15 is 0 Å². The van der Waals surface area contributed by atoms with Gasteiger partial charge in [0.25, 0.3) is 0 Å². The maximum Gasteiger partial charge on any atom is 0.149 e. The van der Waals surface area contributed by atoms with Gasteiger partial charge in [0.1, 0.15) is 11.6 Å².